The fourth-order valence-electron chi connectivity index (χ4n) is 3.13. The molecule has 0 unspecified atom stereocenters. The average Bonchev–Trinajstić information content (AvgIpc) is 2.78. The number of carbonyl (C=O) groups is 3. The lowest BCUT2D eigenvalue weighted by atomic mass is 10.1. The van der Waals surface area contributed by atoms with Crippen molar-refractivity contribution < 1.29 is 19.1 Å². The lowest BCUT2D eigenvalue weighted by Gasteiger charge is -2.29. The predicted molar refractivity (Wildman–Crippen MR) is 114 cm³/mol. The van der Waals surface area contributed by atoms with E-state index in [0.717, 1.165) is 0 Å². The molecule has 3 aromatic rings. The highest BCUT2D eigenvalue weighted by Crippen LogP contribution is 2.30. The maximum absolute atomic E-state index is 12.9. The van der Waals surface area contributed by atoms with Gasteiger partial charge in [0.05, 0.1) is 11.4 Å². The first-order chi connectivity index (χ1) is 14.6. The average molecular weight is 401 g/mol. The van der Waals surface area contributed by atoms with Crippen LogP contribution in [0.5, 0.6) is 5.75 Å². The SMILES string of the molecule is O=C(COc1ccccc1)Nc1ccc(C(=O)N2CC(=O)Nc3ccccc32)cc1. The zero-order chi connectivity index (χ0) is 20.9. The van der Waals surface area contributed by atoms with E-state index < -0.39 is 0 Å². The molecule has 0 saturated carbocycles. The third-order valence-corrected chi connectivity index (χ3v) is 4.54. The number of para-hydroxylation sites is 3. The quantitative estimate of drug-likeness (QED) is 0.687. The molecule has 3 amide bonds. The van der Waals surface area contributed by atoms with Gasteiger partial charge in [-0.1, -0.05) is 30.3 Å². The largest absolute Gasteiger partial charge is 0.484 e. The van der Waals surface area contributed by atoms with Crippen LogP contribution in [0.1, 0.15) is 10.4 Å². The van der Waals surface area contributed by atoms with Gasteiger partial charge in [0.1, 0.15) is 12.3 Å². The smallest absolute Gasteiger partial charge is 0.262 e. The highest BCUT2D eigenvalue weighted by molar-refractivity contribution is 6.15. The first kappa shape index (κ1) is 19.2. The molecule has 3 aromatic carbocycles. The number of amides is 3. The molecule has 7 nitrogen and oxygen atoms in total. The molecule has 150 valence electrons. The molecular formula is C23H19N3O4. The van der Waals surface area contributed by atoms with Gasteiger partial charge in [0.2, 0.25) is 5.91 Å². The van der Waals surface area contributed by atoms with E-state index in [1.165, 1.54) is 4.90 Å². The van der Waals surface area contributed by atoms with Gasteiger partial charge in [-0.25, -0.2) is 0 Å². The second-order valence-electron chi connectivity index (χ2n) is 6.68. The minimum Gasteiger partial charge on any atom is -0.484 e. The Morgan fingerprint density at radius 3 is 2.40 bits per heavy atom. The third-order valence-electron chi connectivity index (χ3n) is 4.54. The monoisotopic (exact) mass is 401 g/mol. The number of rotatable bonds is 5. The fraction of sp³-hybridized carbons (Fsp3) is 0.0870. The highest BCUT2D eigenvalue weighted by Gasteiger charge is 2.27. The Kier molecular flexibility index (Phi) is 5.43. The number of carbonyl (C=O) groups excluding carboxylic acids is 3. The van der Waals surface area contributed by atoms with Crippen molar-refractivity contribution >= 4 is 34.8 Å². The number of anilines is 3. The Bertz CT molecular complexity index is 1080. The summed E-state index contributed by atoms with van der Waals surface area (Å²) < 4.78 is 5.41. The molecular weight excluding hydrogens is 382 g/mol. The van der Waals surface area contributed by atoms with Gasteiger partial charge in [0, 0.05) is 11.3 Å². The molecule has 0 spiro atoms. The first-order valence-corrected chi connectivity index (χ1v) is 9.39. The summed E-state index contributed by atoms with van der Waals surface area (Å²) in [6.45, 7) is -0.171. The standard InChI is InChI=1S/C23H19N3O4/c27-21-14-26(20-9-5-4-8-19(20)25-21)23(29)16-10-12-17(13-11-16)24-22(28)15-30-18-6-2-1-3-7-18/h1-13H,14-15H2,(H,24,28)(H,25,27). The van der Waals surface area contributed by atoms with Crippen molar-refractivity contribution in [2.75, 3.05) is 28.7 Å². The lowest BCUT2D eigenvalue weighted by Crippen LogP contribution is -2.42. The zero-order valence-corrected chi connectivity index (χ0v) is 16.0. The predicted octanol–water partition coefficient (Wildman–Crippen LogP) is 3.30. The third kappa shape index (κ3) is 4.30. The van der Waals surface area contributed by atoms with Gasteiger partial charge in [-0.15, -0.1) is 0 Å². The summed E-state index contributed by atoms with van der Waals surface area (Å²) in [6, 6.07) is 22.7. The second-order valence-corrected chi connectivity index (χ2v) is 6.68. The molecule has 0 aliphatic carbocycles. The summed E-state index contributed by atoms with van der Waals surface area (Å²) in [5, 5.41) is 5.49. The minimum absolute atomic E-state index is 0.0504. The van der Waals surface area contributed by atoms with Crippen LogP contribution in [0, 0.1) is 0 Å². The Labute approximate surface area is 173 Å². The normalized spacial score (nSPS) is 12.5. The maximum Gasteiger partial charge on any atom is 0.262 e. The van der Waals surface area contributed by atoms with Gasteiger partial charge < -0.3 is 15.4 Å². The number of benzene rings is 3. The maximum atomic E-state index is 12.9. The number of hydrogen-bond donors (Lipinski definition) is 2. The van der Waals surface area contributed by atoms with Crippen LogP contribution in [0.4, 0.5) is 17.1 Å². The lowest BCUT2D eigenvalue weighted by molar-refractivity contribution is -0.118. The van der Waals surface area contributed by atoms with Crippen LogP contribution in [0.15, 0.2) is 78.9 Å². The summed E-state index contributed by atoms with van der Waals surface area (Å²) >= 11 is 0. The van der Waals surface area contributed by atoms with Gasteiger partial charge in [0.15, 0.2) is 6.61 Å². The molecule has 7 heteroatoms. The van der Waals surface area contributed by atoms with Crippen LogP contribution in [0.25, 0.3) is 0 Å². The van der Waals surface area contributed by atoms with E-state index in [1.807, 2.05) is 24.3 Å². The summed E-state index contributed by atoms with van der Waals surface area (Å²) in [5.74, 6) is -0.231. The van der Waals surface area contributed by atoms with E-state index >= 15 is 0 Å². The van der Waals surface area contributed by atoms with Crippen LogP contribution >= 0.6 is 0 Å². The summed E-state index contributed by atoms with van der Waals surface area (Å²) in [5.41, 5.74) is 2.21. The Morgan fingerprint density at radius 2 is 1.63 bits per heavy atom. The van der Waals surface area contributed by atoms with Crippen molar-refractivity contribution in [3.05, 3.63) is 84.4 Å². The van der Waals surface area contributed by atoms with Crippen molar-refractivity contribution in [1.82, 2.24) is 0 Å². The molecule has 1 aliphatic heterocycles. The van der Waals surface area contributed by atoms with Gasteiger partial charge in [0.25, 0.3) is 11.8 Å². The zero-order valence-electron chi connectivity index (χ0n) is 16.0. The van der Waals surface area contributed by atoms with Crippen molar-refractivity contribution in [1.29, 1.82) is 0 Å². The van der Waals surface area contributed by atoms with E-state index in [-0.39, 0.29) is 30.9 Å². The van der Waals surface area contributed by atoms with Crippen molar-refractivity contribution in [3.8, 4) is 5.75 Å². The van der Waals surface area contributed by atoms with Crippen molar-refractivity contribution in [3.63, 3.8) is 0 Å². The van der Waals surface area contributed by atoms with Gasteiger partial charge in [-0.3, -0.25) is 19.3 Å². The topological polar surface area (TPSA) is 87.7 Å². The number of fused-ring (bicyclic) bond motifs is 1. The number of hydrogen-bond acceptors (Lipinski definition) is 4. The molecule has 1 aliphatic rings. The van der Waals surface area contributed by atoms with Gasteiger partial charge >= 0.3 is 0 Å². The van der Waals surface area contributed by atoms with E-state index in [9.17, 15) is 14.4 Å². The molecule has 0 saturated heterocycles. The molecule has 0 aromatic heterocycles. The second kappa shape index (κ2) is 8.48. The van der Waals surface area contributed by atoms with Crippen LogP contribution in [0.3, 0.4) is 0 Å². The molecule has 30 heavy (non-hydrogen) atoms. The van der Waals surface area contributed by atoms with E-state index in [1.54, 1.807) is 54.6 Å². The Balaban J connectivity index is 1.40. The molecule has 0 radical (unpaired) electrons. The highest BCUT2D eigenvalue weighted by atomic mass is 16.5. The van der Waals surface area contributed by atoms with Crippen LogP contribution in [-0.4, -0.2) is 30.9 Å². The van der Waals surface area contributed by atoms with Crippen LogP contribution in [0.2, 0.25) is 0 Å². The summed E-state index contributed by atoms with van der Waals surface area (Å²) in [7, 11) is 0. The molecule has 0 atom stereocenters. The first-order valence-electron chi connectivity index (χ1n) is 9.39. The molecule has 1 heterocycles. The van der Waals surface area contributed by atoms with Gasteiger partial charge in [-0.2, -0.15) is 0 Å². The number of nitrogens with zero attached hydrogens (tertiary/aromatic N) is 1. The number of nitrogens with one attached hydrogen (secondary N) is 2. The van der Waals surface area contributed by atoms with E-state index in [2.05, 4.69) is 10.6 Å². The molecule has 0 bridgehead atoms. The van der Waals surface area contributed by atoms with Crippen LogP contribution < -0.4 is 20.3 Å². The summed E-state index contributed by atoms with van der Waals surface area (Å²) in [6.07, 6.45) is 0. The van der Waals surface area contributed by atoms with Crippen LogP contribution in [-0.2, 0) is 9.59 Å². The van der Waals surface area contributed by atoms with E-state index in [4.69, 9.17) is 4.74 Å². The fourth-order valence-corrected chi connectivity index (χ4v) is 3.13. The van der Waals surface area contributed by atoms with Crippen molar-refractivity contribution in [2.24, 2.45) is 0 Å². The minimum atomic E-state index is -0.306. The summed E-state index contributed by atoms with van der Waals surface area (Å²) in [4.78, 5) is 38.4. The Hall–Kier alpha value is -4.13. The number of ether oxygens (including phenoxy) is 1. The molecule has 2 N–H and O–H groups in total. The van der Waals surface area contributed by atoms with E-state index in [0.29, 0.717) is 28.4 Å². The van der Waals surface area contributed by atoms with Gasteiger partial charge in [-0.05, 0) is 48.5 Å². The molecule has 0 fully saturated rings. The molecule has 4 rings (SSSR count). The van der Waals surface area contributed by atoms with Crippen molar-refractivity contribution in [2.45, 2.75) is 0 Å². The Morgan fingerprint density at radius 1 is 0.933 bits per heavy atom.